The number of hydrogen-bond donors (Lipinski definition) is 2. The van der Waals surface area contributed by atoms with Crippen LogP contribution in [0.4, 0.5) is 5.82 Å². The van der Waals surface area contributed by atoms with Crippen molar-refractivity contribution < 1.29 is 9.52 Å². The van der Waals surface area contributed by atoms with Crippen LogP contribution in [0.1, 0.15) is 11.3 Å². The van der Waals surface area contributed by atoms with Crippen molar-refractivity contribution in [1.29, 1.82) is 0 Å². The summed E-state index contributed by atoms with van der Waals surface area (Å²) in [6, 6.07) is 7.31. The van der Waals surface area contributed by atoms with E-state index in [2.05, 4.69) is 19.9 Å². The first kappa shape index (κ1) is 11.7. The Morgan fingerprint density at radius 3 is 3.05 bits per heavy atom. The Kier molecular flexibility index (Phi) is 2.47. The zero-order chi connectivity index (χ0) is 14.2. The first-order valence-corrected chi connectivity index (χ1v) is 6.35. The molecule has 6 heteroatoms. The lowest BCUT2D eigenvalue weighted by molar-refractivity contribution is 0.455. The van der Waals surface area contributed by atoms with E-state index in [0.717, 1.165) is 11.1 Å². The monoisotopic (exact) mass is 278 g/mol. The maximum atomic E-state index is 9.95. The molecule has 4 heterocycles. The van der Waals surface area contributed by atoms with Gasteiger partial charge in [0.05, 0.1) is 6.26 Å². The third-order valence-corrected chi connectivity index (χ3v) is 3.19. The van der Waals surface area contributed by atoms with Crippen LogP contribution in [-0.2, 0) is 0 Å². The van der Waals surface area contributed by atoms with Crippen LogP contribution in [0.3, 0.4) is 0 Å². The highest BCUT2D eigenvalue weighted by atomic mass is 16.3. The van der Waals surface area contributed by atoms with Gasteiger partial charge in [-0.1, -0.05) is 0 Å². The molecule has 21 heavy (non-hydrogen) atoms. The number of imidazole rings is 1. The Morgan fingerprint density at radius 1 is 1.24 bits per heavy atom. The third-order valence-electron chi connectivity index (χ3n) is 3.19. The van der Waals surface area contributed by atoms with Crippen molar-refractivity contribution in [3.8, 4) is 17.5 Å². The normalized spacial score (nSPS) is 14.8. The molecule has 4 rings (SSSR count). The fourth-order valence-electron chi connectivity index (χ4n) is 2.20. The standard InChI is InChI=1S/C15H10N4O2/c20-15-11(18-14(19-15)12-4-2-6-21-12)7-9-8-17-13-10(9)3-1-5-16-13/h1-8,20H,(H,18,19)/b9-7+. The Labute approximate surface area is 119 Å². The number of nitrogens with zero attached hydrogens (tertiary/aromatic N) is 3. The molecule has 0 amide bonds. The Balaban J connectivity index is 1.76. The lowest BCUT2D eigenvalue weighted by Crippen LogP contribution is -1.82. The van der Waals surface area contributed by atoms with Crippen molar-refractivity contribution >= 4 is 23.7 Å². The minimum atomic E-state index is -0.0837. The first-order chi connectivity index (χ1) is 10.3. The molecule has 102 valence electrons. The molecule has 0 fully saturated rings. The average molecular weight is 278 g/mol. The van der Waals surface area contributed by atoms with E-state index in [4.69, 9.17) is 4.42 Å². The number of rotatable bonds is 2. The molecule has 2 N–H and O–H groups in total. The average Bonchev–Trinajstić information content (AvgIpc) is 3.21. The summed E-state index contributed by atoms with van der Waals surface area (Å²) in [6.07, 6.45) is 6.75. The van der Waals surface area contributed by atoms with Crippen LogP contribution in [-0.4, -0.2) is 26.3 Å². The third kappa shape index (κ3) is 1.93. The van der Waals surface area contributed by atoms with Crippen LogP contribution in [0.5, 0.6) is 5.88 Å². The van der Waals surface area contributed by atoms with Crippen molar-refractivity contribution in [3.05, 3.63) is 48.0 Å². The molecule has 0 spiro atoms. The van der Waals surface area contributed by atoms with Gasteiger partial charge in [-0.3, -0.25) is 0 Å². The molecule has 6 nitrogen and oxygen atoms in total. The van der Waals surface area contributed by atoms with Crippen LogP contribution in [0, 0.1) is 0 Å². The van der Waals surface area contributed by atoms with E-state index in [1.54, 1.807) is 36.9 Å². The predicted molar refractivity (Wildman–Crippen MR) is 78.2 cm³/mol. The highest BCUT2D eigenvalue weighted by Gasteiger charge is 2.16. The maximum Gasteiger partial charge on any atom is 0.237 e. The van der Waals surface area contributed by atoms with E-state index in [9.17, 15) is 5.11 Å². The van der Waals surface area contributed by atoms with Gasteiger partial charge in [0.25, 0.3) is 0 Å². The quantitative estimate of drug-likeness (QED) is 0.754. The fraction of sp³-hybridized carbons (Fsp3) is 0. The van der Waals surface area contributed by atoms with Crippen molar-refractivity contribution in [1.82, 2.24) is 15.0 Å². The van der Waals surface area contributed by atoms with Gasteiger partial charge in [-0.25, -0.2) is 9.98 Å². The highest BCUT2D eigenvalue weighted by molar-refractivity contribution is 6.20. The molecule has 0 saturated heterocycles. The molecule has 1 aliphatic rings. The summed E-state index contributed by atoms with van der Waals surface area (Å²) in [4.78, 5) is 15.5. The van der Waals surface area contributed by atoms with Crippen molar-refractivity contribution in [2.24, 2.45) is 4.99 Å². The van der Waals surface area contributed by atoms with Gasteiger partial charge in [0.2, 0.25) is 5.88 Å². The van der Waals surface area contributed by atoms with Crippen molar-refractivity contribution in [2.75, 3.05) is 0 Å². The molecule has 0 bridgehead atoms. The molecule has 0 saturated carbocycles. The fourth-order valence-corrected chi connectivity index (χ4v) is 2.20. The van der Waals surface area contributed by atoms with E-state index >= 15 is 0 Å². The van der Waals surface area contributed by atoms with E-state index in [1.165, 1.54) is 0 Å². The lowest BCUT2D eigenvalue weighted by Gasteiger charge is -1.97. The summed E-state index contributed by atoms with van der Waals surface area (Å²) in [5, 5.41) is 9.95. The van der Waals surface area contributed by atoms with Gasteiger partial charge in [-0.15, -0.1) is 0 Å². The van der Waals surface area contributed by atoms with Gasteiger partial charge >= 0.3 is 0 Å². The molecule has 0 atom stereocenters. The number of H-pyrrole nitrogens is 1. The SMILES string of the molecule is Oc1nc(-c2ccco2)[nH]c1/C=C1\C=Nc2ncccc21. The summed E-state index contributed by atoms with van der Waals surface area (Å²) >= 11 is 0. The van der Waals surface area contributed by atoms with Gasteiger partial charge in [0, 0.05) is 23.5 Å². The van der Waals surface area contributed by atoms with Crippen LogP contribution in [0.15, 0.2) is 46.1 Å². The summed E-state index contributed by atoms with van der Waals surface area (Å²) < 4.78 is 5.25. The van der Waals surface area contributed by atoms with Gasteiger partial charge in [-0.2, -0.15) is 4.98 Å². The van der Waals surface area contributed by atoms with Crippen LogP contribution >= 0.6 is 0 Å². The smallest absolute Gasteiger partial charge is 0.237 e. The molecule has 0 aliphatic carbocycles. The summed E-state index contributed by atoms with van der Waals surface area (Å²) in [5.74, 6) is 1.64. The number of nitrogens with one attached hydrogen (secondary N) is 1. The number of pyridine rings is 1. The second kappa shape index (κ2) is 4.45. The molecular formula is C15H10N4O2. The van der Waals surface area contributed by atoms with Gasteiger partial charge < -0.3 is 14.5 Å². The number of furan rings is 1. The van der Waals surface area contributed by atoms with Crippen LogP contribution in [0.2, 0.25) is 0 Å². The number of aliphatic imine (C=N–C) groups is 1. The van der Waals surface area contributed by atoms with Gasteiger partial charge in [0.1, 0.15) is 5.69 Å². The zero-order valence-electron chi connectivity index (χ0n) is 10.8. The molecule has 3 aromatic rings. The molecule has 0 radical (unpaired) electrons. The van der Waals surface area contributed by atoms with E-state index < -0.39 is 0 Å². The van der Waals surface area contributed by atoms with E-state index in [1.807, 2.05) is 12.1 Å². The molecule has 0 unspecified atom stereocenters. The van der Waals surface area contributed by atoms with Crippen LogP contribution in [0.25, 0.3) is 23.2 Å². The molecule has 1 aliphatic heterocycles. The molecule has 0 aromatic carbocycles. The Bertz CT molecular complexity index is 860. The number of aromatic nitrogens is 3. The summed E-state index contributed by atoms with van der Waals surface area (Å²) in [7, 11) is 0. The molecular weight excluding hydrogens is 268 g/mol. The van der Waals surface area contributed by atoms with Gasteiger partial charge in [-0.05, 0) is 30.3 Å². The summed E-state index contributed by atoms with van der Waals surface area (Å²) in [6.45, 7) is 0. The van der Waals surface area contributed by atoms with Crippen molar-refractivity contribution in [3.63, 3.8) is 0 Å². The topological polar surface area (TPSA) is 87.3 Å². The van der Waals surface area contributed by atoms with E-state index in [-0.39, 0.29) is 5.88 Å². The zero-order valence-corrected chi connectivity index (χ0v) is 10.8. The largest absolute Gasteiger partial charge is 0.492 e. The first-order valence-electron chi connectivity index (χ1n) is 6.35. The minimum absolute atomic E-state index is 0.0837. The van der Waals surface area contributed by atoms with Crippen LogP contribution < -0.4 is 0 Å². The highest BCUT2D eigenvalue weighted by Crippen LogP contribution is 2.32. The van der Waals surface area contributed by atoms with Gasteiger partial charge in [0.15, 0.2) is 17.4 Å². The van der Waals surface area contributed by atoms with E-state index in [0.29, 0.717) is 23.1 Å². The number of aromatic amines is 1. The van der Waals surface area contributed by atoms with Crippen molar-refractivity contribution in [2.45, 2.75) is 0 Å². The second-order valence-electron chi connectivity index (χ2n) is 4.53. The maximum absolute atomic E-state index is 9.95. The summed E-state index contributed by atoms with van der Waals surface area (Å²) in [5.41, 5.74) is 2.29. The predicted octanol–water partition coefficient (Wildman–Crippen LogP) is 3.03. The lowest BCUT2D eigenvalue weighted by atomic mass is 10.1. The number of allylic oxidation sites excluding steroid dienone is 1. The second-order valence-corrected chi connectivity index (χ2v) is 4.53. The minimum Gasteiger partial charge on any atom is -0.492 e. The number of hydrogen-bond acceptors (Lipinski definition) is 5. The number of fused-ring (bicyclic) bond motifs is 1. The number of aromatic hydroxyl groups is 1. The Morgan fingerprint density at radius 2 is 2.19 bits per heavy atom. The molecule has 3 aromatic heterocycles. The Hall–Kier alpha value is -3.15.